The Bertz CT molecular complexity index is 1210. The molecule has 2 aromatic carbocycles. The van der Waals surface area contributed by atoms with Gasteiger partial charge in [0.2, 0.25) is 0 Å². The van der Waals surface area contributed by atoms with Crippen LogP contribution in [0.2, 0.25) is 0 Å². The van der Waals surface area contributed by atoms with Crippen molar-refractivity contribution in [2.75, 3.05) is 20.7 Å². The van der Waals surface area contributed by atoms with Crippen LogP contribution in [0.1, 0.15) is 55.1 Å². The highest BCUT2D eigenvalue weighted by Crippen LogP contribution is 2.28. The summed E-state index contributed by atoms with van der Waals surface area (Å²) >= 11 is 0. The molecule has 0 heterocycles. The first kappa shape index (κ1) is 8.22. The van der Waals surface area contributed by atoms with Gasteiger partial charge in [0.1, 0.15) is 12.4 Å². The van der Waals surface area contributed by atoms with Gasteiger partial charge in [0.25, 0.3) is 0 Å². The van der Waals surface area contributed by atoms with Crippen LogP contribution in [0.15, 0.2) is 36.3 Å². The van der Waals surface area contributed by atoms with Crippen molar-refractivity contribution in [3.8, 4) is 17.2 Å². The van der Waals surface area contributed by atoms with Crippen molar-refractivity contribution >= 4 is 0 Å². The first-order valence-electron chi connectivity index (χ1n) is 15.0. The standard InChI is InChI=1S/C22H30O4/c1-16-9-11-20(13-17(16)2)26-15-19(23)8-6-5-7-18-10-12-21(24-3)22(14-18)25-4/h9-14,19,23H,5-8,15H2,1-4H3/i3D3,4D3,8D2,9D,10D,11D,12D,13D,14D. The van der Waals surface area contributed by atoms with E-state index in [9.17, 15) is 5.11 Å². The second-order valence-corrected chi connectivity index (χ2v) is 5.55. The van der Waals surface area contributed by atoms with Gasteiger partial charge in [-0.15, -0.1) is 0 Å². The van der Waals surface area contributed by atoms with E-state index in [1.54, 1.807) is 13.8 Å². The van der Waals surface area contributed by atoms with Crippen LogP contribution in [-0.2, 0) is 6.42 Å². The van der Waals surface area contributed by atoms with Crippen LogP contribution < -0.4 is 14.2 Å². The third kappa shape index (κ3) is 5.95. The van der Waals surface area contributed by atoms with E-state index in [0.29, 0.717) is 11.1 Å². The minimum absolute atomic E-state index is 0.0954. The fourth-order valence-electron chi connectivity index (χ4n) is 2.05. The molecule has 1 unspecified atom stereocenters. The number of ether oxygens (including phenoxy) is 3. The molecule has 1 N–H and O–H groups in total. The zero-order chi connectivity index (χ0) is 31.0. The summed E-state index contributed by atoms with van der Waals surface area (Å²) in [6.07, 6.45) is -4.68. The van der Waals surface area contributed by atoms with Crippen molar-refractivity contribution in [2.45, 2.75) is 45.6 Å². The number of hydrogen-bond donors (Lipinski definition) is 1. The van der Waals surface area contributed by atoms with Gasteiger partial charge in [-0.05, 0) is 73.9 Å². The highest BCUT2D eigenvalue weighted by molar-refractivity contribution is 5.42. The molecule has 0 aliphatic rings. The second kappa shape index (κ2) is 10.1. The number of methoxy groups -OCH3 is 2. The molecule has 2 rings (SSSR count). The maximum absolute atomic E-state index is 10.5. The highest BCUT2D eigenvalue weighted by Gasteiger charge is 2.07. The Labute approximate surface area is 176 Å². The lowest BCUT2D eigenvalue weighted by molar-refractivity contribution is 0.0976. The van der Waals surface area contributed by atoms with E-state index in [1.807, 2.05) is 0 Å². The summed E-state index contributed by atoms with van der Waals surface area (Å²) in [6.45, 7) is 2.54. The molecular weight excluding hydrogens is 328 g/mol. The Kier molecular flexibility index (Phi) is 3.18. The van der Waals surface area contributed by atoms with E-state index < -0.39 is 62.8 Å². The third-order valence-corrected chi connectivity index (χ3v) is 3.60. The summed E-state index contributed by atoms with van der Waals surface area (Å²) in [6, 6.07) is -2.81. The normalized spacial score (nSPS) is 21.2. The van der Waals surface area contributed by atoms with Crippen molar-refractivity contribution < 1.29 is 38.5 Å². The van der Waals surface area contributed by atoms with Gasteiger partial charge in [-0.3, -0.25) is 0 Å². The fraction of sp³-hybridized carbons (Fsp3) is 0.455. The molecule has 0 fully saturated rings. The third-order valence-electron chi connectivity index (χ3n) is 3.60. The lowest BCUT2D eigenvalue weighted by Crippen LogP contribution is -2.17. The molecule has 0 amide bonds. The number of rotatable bonds is 10. The van der Waals surface area contributed by atoms with Crippen LogP contribution in [0.5, 0.6) is 17.2 Å². The Morgan fingerprint density at radius 2 is 1.85 bits per heavy atom. The number of hydrogen-bond acceptors (Lipinski definition) is 4. The molecule has 1 atom stereocenters. The molecular formula is C22H30O4. The Morgan fingerprint density at radius 3 is 2.65 bits per heavy atom. The molecule has 0 aliphatic carbocycles. The number of aliphatic hydroxyl groups excluding tert-OH is 1. The van der Waals surface area contributed by atoms with Gasteiger partial charge in [0.05, 0.1) is 36.6 Å². The van der Waals surface area contributed by atoms with E-state index in [2.05, 4.69) is 4.74 Å². The predicted octanol–water partition coefficient (Wildman–Crippen LogP) is 4.47. The maximum Gasteiger partial charge on any atom is 0.160 e. The van der Waals surface area contributed by atoms with Gasteiger partial charge in [0.15, 0.2) is 11.5 Å². The van der Waals surface area contributed by atoms with E-state index in [0.717, 1.165) is 0 Å². The van der Waals surface area contributed by atoms with Crippen molar-refractivity contribution in [3.05, 3.63) is 52.9 Å². The van der Waals surface area contributed by atoms with Gasteiger partial charge in [-0.2, -0.15) is 0 Å². The lowest BCUT2D eigenvalue weighted by atomic mass is 10.0. The van der Waals surface area contributed by atoms with Crippen LogP contribution in [0.25, 0.3) is 0 Å². The number of benzene rings is 2. The van der Waals surface area contributed by atoms with Crippen molar-refractivity contribution in [2.24, 2.45) is 0 Å². The average molecular weight is 373 g/mol. The molecule has 0 saturated heterocycles. The maximum atomic E-state index is 10.5. The molecule has 0 aromatic heterocycles. The zero-order valence-electron chi connectivity index (χ0n) is 28.6. The summed E-state index contributed by atoms with van der Waals surface area (Å²) in [5.74, 6) is -2.02. The van der Waals surface area contributed by atoms with Gasteiger partial charge in [-0.1, -0.05) is 18.5 Å². The van der Waals surface area contributed by atoms with Crippen LogP contribution in [0.4, 0.5) is 0 Å². The van der Waals surface area contributed by atoms with Gasteiger partial charge in [0, 0.05) is 2.74 Å². The van der Waals surface area contributed by atoms with Gasteiger partial charge >= 0.3 is 0 Å². The van der Waals surface area contributed by atoms with Crippen LogP contribution in [0, 0.1) is 13.8 Å². The molecule has 4 heteroatoms. The SMILES string of the molecule is [2H]c1c([2H])c(OCC(O)C([2H])([2H])CCCc2c([2H])c([2H])c(OC([2H])([2H])[2H])c(OC([2H])([2H])[2H])c2[2H])c([2H])c(C)c1C. The van der Waals surface area contributed by atoms with Crippen LogP contribution in [-0.4, -0.2) is 31.9 Å². The minimum atomic E-state index is -3.13. The summed E-state index contributed by atoms with van der Waals surface area (Å²) in [4.78, 5) is 0. The zero-order valence-corrected chi connectivity index (χ0v) is 14.6. The quantitative estimate of drug-likeness (QED) is 0.668. The largest absolute Gasteiger partial charge is 0.493 e. The van der Waals surface area contributed by atoms with E-state index >= 15 is 0 Å². The van der Waals surface area contributed by atoms with Crippen molar-refractivity contribution in [3.63, 3.8) is 0 Å². The molecule has 0 bridgehead atoms. The van der Waals surface area contributed by atoms with E-state index in [1.165, 1.54) is 0 Å². The topological polar surface area (TPSA) is 47.9 Å². The summed E-state index contributed by atoms with van der Waals surface area (Å²) in [5.41, 5.74) is 0.637. The van der Waals surface area contributed by atoms with E-state index in [4.69, 9.17) is 28.7 Å². The highest BCUT2D eigenvalue weighted by atomic mass is 16.5. The Balaban J connectivity index is 2.23. The molecule has 4 nitrogen and oxygen atoms in total. The summed E-state index contributed by atoms with van der Waals surface area (Å²) in [7, 11) is -6.26. The minimum Gasteiger partial charge on any atom is -0.493 e. The molecule has 0 saturated carbocycles. The lowest BCUT2D eigenvalue weighted by Gasteiger charge is -2.13. The van der Waals surface area contributed by atoms with Gasteiger partial charge in [-0.25, -0.2) is 0 Å². The monoisotopic (exact) mass is 372 g/mol. The fourth-order valence-corrected chi connectivity index (χ4v) is 2.05. The van der Waals surface area contributed by atoms with Gasteiger partial charge < -0.3 is 19.3 Å². The van der Waals surface area contributed by atoms with Crippen LogP contribution >= 0.6 is 0 Å². The van der Waals surface area contributed by atoms with E-state index in [-0.39, 0.29) is 48.7 Å². The average Bonchev–Trinajstić information content (AvgIpc) is 2.82. The second-order valence-electron chi connectivity index (χ2n) is 5.55. The first-order valence-corrected chi connectivity index (χ1v) is 7.97. The van der Waals surface area contributed by atoms with Crippen LogP contribution in [0.3, 0.4) is 0 Å². The van der Waals surface area contributed by atoms with Crippen molar-refractivity contribution in [1.29, 1.82) is 0 Å². The molecule has 2 aromatic rings. The van der Waals surface area contributed by atoms with Crippen molar-refractivity contribution in [1.82, 2.24) is 0 Å². The summed E-state index contributed by atoms with van der Waals surface area (Å²) < 4.78 is 124. The predicted molar refractivity (Wildman–Crippen MR) is 105 cm³/mol. The Hall–Kier alpha value is -2.20. The first-order chi connectivity index (χ1) is 18.1. The molecule has 142 valence electrons. The Morgan fingerprint density at radius 1 is 1.04 bits per heavy atom. The molecule has 0 aliphatic heterocycles. The number of aliphatic hydroxyl groups is 1. The smallest absolute Gasteiger partial charge is 0.160 e. The molecule has 0 spiro atoms. The molecule has 26 heavy (non-hydrogen) atoms. The molecule has 0 radical (unpaired) electrons. The summed E-state index contributed by atoms with van der Waals surface area (Å²) in [5, 5.41) is 10.5.